The maximum absolute atomic E-state index is 10.9. The van der Waals surface area contributed by atoms with Gasteiger partial charge in [-0.05, 0) is 6.07 Å². The summed E-state index contributed by atoms with van der Waals surface area (Å²) in [7, 11) is 0. The molecule has 0 fully saturated rings. The Balaban J connectivity index is 2.89. The van der Waals surface area contributed by atoms with Crippen molar-refractivity contribution in [3.8, 4) is 0 Å². The van der Waals surface area contributed by atoms with Crippen molar-refractivity contribution >= 4 is 11.0 Å². The topological polar surface area (TPSA) is 79.7 Å². The van der Waals surface area contributed by atoms with Crippen molar-refractivity contribution in [1.82, 2.24) is 10.3 Å². The Morgan fingerprint density at radius 2 is 1.92 bits per heavy atom. The Morgan fingerprint density at radius 3 is 2.75 bits per heavy atom. The largest absolute Gasteiger partial charge is 0.590 e. The van der Waals surface area contributed by atoms with Crippen molar-refractivity contribution in [3.63, 3.8) is 0 Å². The third kappa shape index (κ3) is 0.895. The highest BCUT2D eigenvalue weighted by Gasteiger charge is 2.10. The fraction of sp³-hybridized carbons (Fsp3) is 0. The first-order valence-corrected chi connectivity index (χ1v) is 3.24. The van der Waals surface area contributed by atoms with Gasteiger partial charge < -0.3 is 10.4 Å². The highest BCUT2D eigenvalue weighted by molar-refractivity contribution is 5.69. The van der Waals surface area contributed by atoms with E-state index in [1.807, 2.05) is 0 Å². The summed E-state index contributed by atoms with van der Waals surface area (Å²) in [6.07, 6.45) is 0. The van der Waals surface area contributed by atoms with E-state index in [0.29, 0.717) is 5.52 Å². The van der Waals surface area contributed by atoms with Crippen molar-refractivity contribution < 1.29 is 9.80 Å². The molecule has 0 aliphatic heterocycles. The first-order valence-electron chi connectivity index (χ1n) is 3.24. The molecule has 0 atom stereocenters. The number of nitrogens with zero attached hydrogens (tertiary/aromatic N) is 4. The van der Waals surface area contributed by atoms with Crippen molar-refractivity contribution in [2.24, 2.45) is 0 Å². The average molecular weight is 164 g/mol. The van der Waals surface area contributed by atoms with E-state index in [0.717, 1.165) is 0 Å². The van der Waals surface area contributed by atoms with Crippen LogP contribution in [-0.4, -0.2) is 10.3 Å². The fourth-order valence-electron chi connectivity index (χ4n) is 0.940. The zero-order valence-corrected chi connectivity index (χ0v) is 5.91. The van der Waals surface area contributed by atoms with Crippen LogP contribution in [0.1, 0.15) is 0 Å². The molecule has 1 aromatic carbocycles. The molecule has 0 saturated heterocycles. The molecule has 0 spiro atoms. The molecule has 1 aromatic heterocycles. The molecule has 60 valence electrons. The average Bonchev–Trinajstić information content (AvgIpc) is 2.04. The minimum Gasteiger partial charge on any atom is -0.590 e. The zero-order valence-electron chi connectivity index (χ0n) is 5.91. The summed E-state index contributed by atoms with van der Waals surface area (Å²) in [6, 6.07) is 6.48. The SMILES string of the molecule is [O-][n+]1nc2ccccc2[n+]([O-])n1. The second kappa shape index (κ2) is 2.26. The summed E-state index contributed by atoms with van der Waals surface area (Å²) in [5, 5.41) is 28.0. The summed E-state index contributed by atoms with van der Waals surface area (Å²) >= 11 is 0. The van der Waals surface area contributed by atoms with E-state index in [2.05, 4.69) is 10.3 Å². The van der Waals surface area contributed by atoms with Crippen LogP contribution in [0.15, 0.2) is 24.3 Å². The van der Waals surface area contributed by atoms with Crippen molar-refractivity contribution in [2.75, 3.05) is 0 Å². The van der Waals surface area contributed by atoms with Crippen LogP contribution < -0.4 is 9.80 Å². The molecule has 1 heterocycles. The molecule has 6 nitrogen and oxygen atoms in total. The van der Waals surface area contributed by atoms with Gasteiger partial charge >= 0.3 is 5.21 Å². The maximum atomic E-state index is 10.9. The lowest BCUT2D eigenvalue weighted by molar-refractivity contribution is -0.863. The fourth-order valence-corrected chi connectivity index (χ4v) is 0.940. The lowest BCUT2D eigenvalue weighted by Gasteiger charge is -1.93. The number of benzene rings is 1. The summed E-state index contributed by atoms with van der Waals surface area (Å²) < 4.78 is 0. The number of hydrogen-bond donors (Lipinski definition) is 0. The number of fused-ring (bicyclic) bond motifs is 1. The molecule has 0 saturated carbocycles. The quantitative estimate of drug-likeness (QED) is 0.365. The van der Waals surface area contributed by atoms with Gasteiger partial charge in [0.05, 0.1) is 5.10 Å². The van der Waals surface area contributed by atoms with E-state index >= 15 is 0 Å². The highest BCUT2D eigenvalue weighted by Crippen LogP contribution is 2.00. The summed E-state index contributed by atoms with van der Waals surface area (Å²) in [4.78, 5) is 0.241. The van der Waals surface area contributed by atoms with Gasteiger partial charge in [0.25, 0.3) is 5.52 Å². The second-order valence-electron chi connectivity index (χ2n) is 2.20. The lowest BCUT2D eigenvalue weighted by Crippen LogP contribution is -2.50. The Labute approximate surface area is 66.8 Å². The lowest BCUT2D eigenvalue weighted by atomic mass is 10.3. The van der Waals surface area contributed by atoms with E-state index in [4.69, 9.17) is 0 Å². The van der Waals surface area contributed by atoms with Crippen molar-refractivity contribution in [2.45, 2.75) is 0 Å². The van der Waals surface area contributed by atoms with E-state index in [1.165, 1.54) is 0 Å². The molecule has 0 N–H and O–H groups in total. The predicted octanol–water partition coefficient (Wildman–Crippen LogP) is -1.10. The predicted molar refractivity (Wildman–Crippen MR) is 37.5 cm³/mol. The zero-order chi connectivity index (χ0) is 8.55. The summed E-state index contributed by atoms with van der Waals surface area (Å²) in [5.74, 6) is 0. The van der Waals surface area contributed by atoms with Gasteiger partial charge in [-0.1, -0.05) is 12.1 Å². The highest BCUT2D eigenvalue weighted by atomic mass is 16.6. The summed E-state index contributed by atoms with van der Waals surface area (Å²) in [5.41, 5.74) is 0.613. The smallest absolute Gasteiger partial charge is 0.326 e. The number of hydrogen-bond acceptors (Lipinski definition) is 4. The van der Waals surface area contributed by atoms with Gasteiger partial charge in [-0.25, -0.2) is 0 Å². The number of aromatic nitrogens is 4. The number of rotatable bonds is 0. The van der Waals surface area contributed by atoms with E-state index in [-0.39, 0.29) is 15.3 Å². The monoisotopic (exact) mass is 164 g/mol. The first kappa shape index (κ1) is 6.71. The molecular weight excluding hydrogens is 160 g/mol. The van der Waals surface area contributed by atoms with Gasteiger partial charge in [-0.3, -0.25) is 0 Å². The minimum absolute atomic E-state index is 0.00463. The Bertz CT molecular complexity index is 431. The number of para-hydroxylation sites is 1. The molecule has 0 radical (unpaired) electrons. The van der Waals surface area contributed by atoms with Crippen LogP contribution in [-0.2, 0) is 0 Å². The molecule has 0 amide bonds. The Morgan fingerprint density at radius 1 is 1.17 bits per heavy atom. The molecule has 0 unspecified atom stereocenters. The van der Waals surface area contributed by atoms with Crippen molar-refractivity contribution in [3.05, 3.63) is 34.7 Å². The van der Waals surface area contributed by atoms with Crippen LogP contribution in [0.5, 0.6) is 0 Å². The molecule has 0 aliphatic rings. The molecular formula is C6H4N4O2. The minimum atomic E-state index is -0.00463. The third-order valence-electron chi connectivity index (χ3n) is 1.44. The molecule has 6 heteroatoms. The maximum Gasteiger partial charge on any atom is 0.326 e. The molecule has 2 aromatic rings. The van der Waals surface area contributed by atoms with E-state index in [1.54, 1.807) is 24.3 Å². The second-order valence-corrected chi connectivity index (χ2v) is 2.20. The standard InChI is InChI=1S/C6H4N4O2/c11-9-6-4-2-1-3-5(6)7-10(12)8-9/h1-4H. The molecule has 0 bridgehead atoms. The van der Waals surface area contributed by atoms with Crippen LogP contribution >= 0.6 is 0 Å². The van der Waals surface area contributed by atoms with Gasteiger partial charge in [0.15, 0.2) is 0 Å². The van der Waals surface area contributed by atoms with E-state index in [9.17, 15) is 10.4 Å². The van der Waals surface area contributed by atoms with Gasteiger partial charge in [0.2, 0.25) is 5.52 Å². The van der Waals surface area contributed by atoms with Crippen LogP contribution in [0.25, 0.3) is 11.0 Å². The van der Waals surface area contributed by atoms with Gasteiger partial charge in [0, 0.05) is 10.9 Å². The third-order valence-corrected chi connectivity index (χ3v) is 1.44. The van der Waals surface area contributed by atoms with Gasteiger partial charge in [0.1, 0.15) is 4.96 Å². The molecule has 0 aliphatic carbocycles. The summed E-state index contributed by atoms with van der Waals surface area (Å²) in [6.45, 7) is 0. The van der Waals surface area contributed by atoms with Gasteiger partial charge in [-0.15, -0.1) is 0 Å². The normalized spacial score (nSPS) is 10.3. The van der Waals surface area contributed by atoms with Crippen LogP contribution in [0, 0.1) is 10.4 Å². The van der Waals surface area contributed by atoms with Crippen LogP contribution in [0.3, 0.4) is 0 Å². The van der Waals surface area contributed by atoms with Gasteiger partial charge in [-0.2, -0.15) is 0 Å². The Hall–Kier alpha value is -1.98. The Kier molecular flexibility index (Phi) is 1.26. The molecule has 2 rings (SSSR count). The molecule has 12 heavy (non-hydrogen) atoms. The van der Waals surface area contributed by atoms with E-state index < -0.39 is 0 Å². The van der Waals surface area contributed by atoms with Crippen LogP contribution in [0.2, 0.25) is 0 Å². The first-order chi connectivity index (χ1) is 5.77. The van der Waals surface area contributed by atoms with Crippen molar-refractivity contribution in [1.29, 1.82) is 0 Å². The van der Waals surface area contributed by atoms with Crippen LogP contribution in [0.4, 0.5) is 0 Å².